The second kappa shape index (κ2) is 6.83. The Hall–Kier alpha value is -1.69. The summed E-state index contributed by atoms with van der Waals surface area (Å²) < 4.78 is 32.0. The minimum absolute atomic E-state index is 0.101. The van der Waals surface area contributed by atoms with Crippen LogP contribution in [-0.4, -0.2) is 37.0 Å². The molecule has 1 aromatic rings. The van der Waals surface area contributed by atoms with E-state index >= 15 is 0 Å². The number of benzene rings is 1. The lowest BCUT2D eigenvalue weighted by Crippen LogP contribution is -2.51. The second-order valence-corrected chi connectivity index (χ2v) is 6.38. The van der Waals surface area contributed by atoms with Gasteiger partial charge in [0, 0.05) is 7.05 Å². The van der Waals surface area contributed by atoms with Crippen LogP contribution in [-0.2, 0) is 11.3 Å². The highest BCUT2D eigenvalue weighted by atomic mass is 19.3. The van der Waals surface area contributed by atoms with E-state index in [9.17, 15) is 13.6 Å². The first-order chi connectivity index (χ1) is 11.1. The lowest BCUT2D eigenvalue weighted by Gasteiger charge is -2.35. The Kier molecular flexibility index (Phi) is 4.80. The van der Waals surface area contributed by atoms with E-state index in [1.807, 2.05) is 24.3 Å². The van der Waals surface area contributed by atoms with Crippen molar-refractivity contribution in [3.8, 4) is 0 Å². The van der Waals surface area contributed by atoms with Gasteiger partial charge < -0.3 is 15.0 Å². The number of hydrogen-bond acceptors (Lipinski definition) is 2. The third-order valence-electron chi connectivity index (χ3n) is 4.85. The Morgan fingerprint density at radius 1 is 1.39 bits per heavy atom. The molecule has 0 spiro atoms. The van der Waals surface area contributed by atoms with Crippen molar-refractivity contribution in [1.29, 1.82) is 0 Å². The highest BCUT2D eigenvalue weighted by Gasteiger charge is 2.36. The van der Waals surface area contributed by atoms with E-state index in [1.54, 1.807) is 7.05 Å². The van der Waals surface area contributed by atoms with Crippen molar-refractivity contribution in [2.45, 2.75) is 44.4 Å². The molecule has 1 heterocycles. The summed E-state index contributed by atoms with van der Waals surface area (Å²) in [4.78, 5) is 13.7. The number of carbonyl (C=O) groups is 1. The van der Waals surface area contributed by atoms with Gasteiger partial charge in [-0.3, -0.25) is 0 Å². The number of amides is 2. The number of halogens is 2. The molecule has 23 heavy (non-hydrogen) atoms. The largest absolute Gasteiger partial charge is 0.367 e. The number of hydrogen-bond donors (Lipinski definition) is 1. The molecule has 2 amide bonds. The molecule has 1 fully saturated rings. The van der Waals surface area contributed by atoms with Gasteiger partial charge in [0.25, 0.3) is 6.43 Å². The SMILES string of the molecule is CN(CC1OCc2ccccc21)C(=O)N[C@@H](C(F)F)C1CCC1. The molecule has 0 bridgehead atoms. The van der Waals surface area contributed by atoms with Gasteiger partial charge in [-0.1, -0.05) is 30.7 Å². The molecule has 1 aliphatic heterocycles. The number of nitrogens with one attached hydrogen (secondary N) is 1. The molecule has 1 N–H and O–H groups in total. The number of urea groups is 1. The van der Waals surface area contributed by atoms with Gasteiger partial charge in [0.1, 0.15) is 6.10 Å². The number of likely N-dealkylation sites (N-methyl/N-ethyl adjacent to an activating group) is 1. The zero-order chi connectivity index (χ0) is 16.4. The molecule has 1 saturated carbocycles. The van der Waals surface area contributed by atoms with Gasteiger partial charge in [0.05, 0.1) is 19.2 Å². The average molecular weight is 324 g/mol. The van der Waals surface area contributed by atoms with Gasteiger partial charge in [-0.15, -0.1) is 0 Å². The van der Waals surface area contributed by atoms with E-state index in [-0.39, 0.29) is 12.0 Å². The fourth-order valence-electron chi connectivity index (χ4n) is 3.18. The van der Waals surface area contributed by atoms with Crippen molar-refractivity contribution in [2.75, 3.05) is 13.6 Å². The van der Waals surface area contributed by atoms with Crippen molar-refractivity contribution in [3.63, 3.8) is 0 Å². The van der Waals surface area contributed by atoms with Crippen LogP contribution >= 0.6 is 0 Å². The van der Waals surface area contributed by atoms with Gasteiger partial charge in [0.2, 0.25) is 0 Å². The van der Waals surface area contributed by atoms with Crippen LogP contribution in [0.15, 0.2) is 24.3 Å². The predicted molar refractivity (Wildman–Crippen MR) is 82.3 cm³/mol. The monoisotopic (exact) mass is 324 g/mol. The zero-order valence-electron chi connectivity index (χ0n) is 13.2. The van der Waals surface area contributed by atoms with Crippen LogP contribution in [0.4, 0.5) is 13.6 Å². The summed E-state index contributed by atoms with van der Waals surface area (Å²) in [6.45, 7) is 0.876. The van der Waals surface area contributed by atoms with Crippen LogP contribution in [0.3, 0.4) is 0 Å². The molecule has 0 saturated heterocycles. The number of nitrogens with zero attached hydrogens (tertiary/aromatic N) is 1. The smallest absolute Gasteiger partial charge is 0.317 e. The topological polar surface area (TPSA) is 41.6 Å². The summed E-state index contributed by atoms with van der Waals surface area (Å²) in [6, 6.07) is 6.36. The zero-order valence-corrected chi connectivity index (χ0v) is 13.2. The molecule has 6 heteroatoms. The summed E-state index contributed by atoms with van der Waals surface area (Å²) in [6.07, 6.45) is -0.237. The predicted octanol–water partition coefficient (Wildman–Crippen LogP) is 3.33. The normalized spacial score (nSPS) is 21.7. The molecule has 1 aromatic carbocycles. The van der Waals surface area contributed by atoms with E-state index in [0.717, 1.165) is 30.4 Å². The van der Waals surface area contributed by atoms with Crippen molar-refractivity contribution in [1.82, 2.24) is 10.2 Å². The maximum Gasteiger partial charge on any atom is 0.317 e. The summed E-state index contributed by atoms with van der Waals surface area (Å²) in [5, 5.41) is 2.50. The third kappa shape index (κ3) is 3.47. The Morgan fingerprint density at radius 3 is 2.78 bits per heavy atom. The van der Waals surface area contributed by atoms with Gasteiger partial charge in [-0.05, 0) is 29.9 Å². The van der Waals surface area contributed by atoms with Crippen LogP contribution in [0.25, 0.3) is 0 Å². The van der Waals surface area contributed by atoms with Crippen molar-refractivity contribution in [3.05, 3.63) is 35.4 Å². The van der Waals surface area contributed by atoms with Crippen LogP contribution in [0.1, 0.15) is 36.5 Å². The van der Waals surface area contributed by atoms with E-state index < -0.39 is 18.5 Å². The quantitative estimate of drug-likeness (QED) is 0.902. The Bertz CT molecular complexity index is 563. The number of ether oxygens (including phenoxy) is 1. The number of carbonyl (C=O) groups excluding carboxylic acids is 1. The molecule has 4 nitrogen and oxygen atoms in total. The molecule has 3 rings (SSSR count). The van der Waals surface area contributed by atoms with Crippen molar-refractivity contribution >= 4 is 6.03 Å². The first-order valence-corrected chi connectivity index (χ1v) is 8.05. The standard InChI is InChI=1S/C17H22F2N2O2/c1-21(9-14-13-8-3-2-5-12(13)10-23-14)17(22)20-15(16(18)19)11-6-4-7-11/h2-3,5,8,11,14-16H,4,6-7,9-10H2,1H3,(H,20,22)/t14?,15-/m1/s1. The molecule has 2 aliphatic rings. The maximum absolute atomic E-state index is 13.1. The van der Waals surface area contributed by atoms with Crippen molar-refractivity contribution < 1.29 is 18.3 Å². The number of rotatable bonds is 5. The fourth-order valence-corrected chi connectivity index (χ4v) is 3.18. The second-order valence-electron chi connectivity index (χ2n) is 6.38. The minimum atomic E-state index is -2.53. The van der Waals surface area contributed by atoms with E-state index in [2.05, 4.69) is 5.32 Å². The van der Waals surface area contributed by atoms with Gasteiger partial charge in [-0.2, -0.15) is 0 Å². The van der Waals surface area contributed by atoms with Crippen LogP contribution in [0, 0.1) is 5.92 Å². The first-order valence-electron chi connectivity index (χ1n) is 8.05. The molecule has 0 radical (unpaired) electrons. The summed E-state index contributed by atoms with van der Waals surface area (Å²) in [7, 11) is 1.61. The van der Waals surface area contributed by atoms with Crippen LogP contribution < -0.4 is 5.32 Å². The molecule has 126 valence electrons. The van der Waals surface area contributed by atoms with Gasteiger partial charge >= 0.3 is 6.03 Å². The van der Waals surface area contributed by atoms with Crippen LogP contribution in [0.5, 0.6) is 0 Å². The first kappa shape index (κ1) is 16.2. The highest BCUT2D eigenvalue weighted by Crippen LogP contribution is 2.33. The molecule has 1 unspecified atom stereocenters. The molecule has 1 aliphatic carbocycles. The van der Waals surface area contributed by atoms with Gasteiger partial charge in [-0.25, -0.2) is 13.6 Å². The molecule has 2 atom stereocenters. The number of fused-ring (bicyclic) bond motifs is 1. The van der Waals surface area contributed by atoms with Gasteiger partial charge in [0.15, 0.2) is 0 Å². The van der Waals surface area contributed by atoms with E-state index in [0.29, 0.717) is 13.2 Å². The Labute approximate surface area is 134 Å². The average Bonchev–Trinajstić information content (AvgIpc) is 2.88. The van der Waals surface area contributed by atoms with Crippen molar-refractivity contribution in [2.24, 2.45) is 5.92 Å². The summed E-state index contributed by atoms with van der Waals surface area (Å²) >= 11 is 0. The summed E-state index contributed by atoms with van der Waals surface area (Å²) in [5.41, 5.74) is 2.18. The maximum atomic E-state index is 13.1. The van der Waals surface area contributed by atoms with Crippen LogP contribution in [0.2, 0.25) is 0 Å². The minimum Gasteiger partial charge on any atom is -0.367 e. The fraction of sp³-hybridized carbons (Fsp3) is 0.588. The molecule has 0 aromatic heterocycles. The summed E-state index contributed by atoms with van der Waals surface area (Å²) in [5.74, 6) is -0.101. The number of alkyl halides is 2. The lowest BCUT2D eigenvalue weighted by atomic mass is 9.80. The van der Waals surface area contributed by atoms with E-state index in [1.165, 1.54) is 4.90 Å². The molecular weight excluding hydrogens is 302 g/mol. The lowest BCUT2D eigenvalue weighted by molar-refractivity contribution is 0.0366. The molecular formula is C17H22F2N2O2. The third-order valence-corrected chi connectivity index (χ3v) is 4.85. The highest BCUT2D eigenvalue weighted by molar-refractivity contribution is 5.74. The Morgan fingerprint density at radius 2 is 2.13 bits per heavy atom. The van der Waals surface area contributed by atoms with E-state index in [4.69, 9.17) is 4.74 Å². The Balaban J connectivity index is 1.57.